The van der Waals surface area contributed by atoms with Crippen molar-refractivity contribution in [3.63, 3.8) is 0 Å². The highest BCUT2D eigenvalue weighted by Crippen LogP contribution is 2.30. The summed E-state index contributed by atoms with van der Waals surface area (Å²) >= 11 is 1.27. The molecule has 1 aromatic heterocycles. The van der Waals surface area contributed by atoms with Crippen LogP contribution < -0.4 is 9.47 Å². The van der Waals surface area contributed by atoms with E-state index in [1.54, 1.807) is 25.4 Å². The molecule has 0 saturated carbocycles. The summed E-state index contributed by atoms with van der Waals surface area (Å²) < 4.78 is 10.9. The van der Waals surface area contributed by atoms with Crippen molar-refractivity contribution in [3.8, 4) is 22.8 Å². The molecule has 0 spiro atoms. The van der Waals surface area contributed by atoms with Crippen LogP contribution in [0.15, 0.2) is 42.6 Å². The maximum Gasteiger partial charge on any atom is 0.173 e. The van der Waals surface area contributed by atoms with E-state index in [0.29, 0.717) is 11.5 Å². The van der Waals surface area contributed by atoms with Crippen molar-refractivity contribution < 1.29 is 24.8 Å². The van der Waals surface area contributed by atoms with Crippen LogP contribution in [0, 0.1) is 0 Å². The molecule has 6 nitrogen and oxygen atoms in total. The third-order valence-corrected chi connectivity index (χ3v) is 5.06. The number of benzene rings is 1. The van der Waals surface area contributed by atoms with Gasteiger partial charge in [0.15, 0.2) is 5.44 Å². The third kappa shape index (κ3) is 3.64. The summed E-state index contributed by atoms with van der Waals surface area (Å²) in [6.45, 7) is 0. The monoisotopic (exact) mass is 349 g/mol. The van der Waals surface area contributed by atoms with Crippen molar-refractivity contribution in [3.05, 3.63) is 42.6 Å². The average Bonchev–Trinajstić information content (AvgIpc) is 2.62. The van der Waals surface area contributed by atoms with Gasteiger partial charge in [0.2, 0.25) is 0 Å². The second-order valence-corrected chi connectivity index (χ2v) is 6.60. The van der Waals surface area contributed by atoms with Gasteiger partial charge in [-0.3, -0.25) is 4.98 Å². The molecule has 0 aliphatic carbocycles. The lowest BCUT2D eigenvalue weighted by molar-refractivity contribution is -0.0786. The van der Waals surface area contributed by atoms with Gasteiger partial charge in [-0.15, -0.1) is 11.8 Å². The van der Waals surface area contributed by atoms with Crippen LogP contribution in [-0.4, -0.2) is 56.9 Å². The number of aliphatic hydroxyl groups is 3. The molecule has 7 heteroatoms. The summed E-state index contributed by atoms with van der Waals surface area (Å²) in [5, 5.41) is 29.3. The maximum absolute atomic E-state index is 10.0. The molecule has 0 amide bonds. The predicted molar refractivity (Wildman–Crippen MR) is 91.1 cm³/mol. The Morgan fingerprint density at radius 3 is 2.50 bits per heavy atom. The Bertz CT molecular complexity index is 681. The molecule has 1 fully saturated rings. The van der Waals surface area contributed by atoms with E-state index in [4.69, 9.17) is 9.47 Å². The Kier molecular flexibility index (Phi) is 5.25. The SMILES string of the molecule is COc1ccc(-c2cc(O[C@@H]3SC[C@@H](O)[C@H](O)[C@H]3O)ccn2)cc1. The number of methoxy groups -OCH3 is 1. The first-order valence-corrected chi connectivity index (χ1v) is 8.56. The first-order chi connectivity index (χ1) is 11.6. The van der Waals surface area contributed by atoms with E-state index in [2.05, 4.69) is 4.98 Å². The highest BCUT2D eigenvalue weighted by molar-refractivity contribution is 7.99. The van der Waals surface area contributed by atoms with Crippen LogP contribution in [-0.2, 0) is 0 Å². The van der Waals surface area contributed by atoms with Gasteiger partial charge in [-0.05, 0) is 30.3 Å². The normalized spacial score (nSPS) is 26.8. The summed E-state index contributed by atoms with van der Waals surface area (Å²) in [4.78, 5) is 4.32. The quantitative estimate of drug-likeness (QED) is 0.766. The smallest absolute Gasteiger partial charge is 0.173 e. The molecule has 2 heterocycles. The third-order valence-electron chi connectivity index (χ3n) is 3.82. The van der Waals surface area contributed by atoms with Crippen LogP contribution in [0.2, 0.25) is 0 Å². The van der Waals surface area contributed by atoms with E-state index in [-0.39, 0.29) is 0 Å². The van der Waals surface area contributed by atoms with Crippen molar-refractivity contribution in [2.24, 2.45) is 0 Å². The number of hydrogen-bond donors (Lipinski definition) is 3. The number of aromatic nitrogens is 1. The fourth-order valence-electron chi connectivity index (χ4n) is 2.42. The second-order valence-electron chi connectivity index (χ2n) is 5.47. The molecule has 0 radical (unpaired) electrons. The lowest BCUT2D eigenvalue weighted by Gasteiger charge is -2.34. The van der Waals surface area contributed by atoms with Gasteiger partial charge in [0.25, 0.3) is 0 Å². The lowest BCUT2D eigenvalue weighted by Crippen LogP contribution is -2.50. The highest BCUT2D eigenvalue weighted by atomic mass is 32.2. The topological polar surface area (TPSA) is 92.0 Å². The Hall–Kier alpha value is -1.80. The number of rotatable bonds is 4. The summed E-state index contributed by atoms with van der Waals surface area (Å²) in [6.07, 6.45) is -1.69. The summed E-state index contributed by atoms with van der Waals surface area (Å²) in [5.41, 5.74) is 0.995. The molecular weight excluding hydrogens is 330 g/mol. The number of aliphatic hydroxyl groups excluding tert-OH is 3. The summed E-state index contributed by atoms with van der Waals surface area (Å²) in [6, 6.07) is 11.0. The number of thioether (sulfide) groups is 1. The minimum Gasteiger partial charge on any atom is -0.497 e. The first-order valence-electron chi connectivity index (χ1n) is 7.51. The van der Waals surface area contributed by atoms with Crippen molar-refractivity contribution in [2.45, 2.75) is 23.7 Å². The average molecular weight is 349 g/mol. The molecule has 4 atom stereocenters. The molecule has 3 N–H and O–H groups in total. The zero-order valence-electron chi connectivity index (χ0n) is 13.1. The Balaban J connectivity index is 1.75. The highest BCUT2D eigenvalue weighted by Gasteiger charge is 2.38. The Morgan fingerprint density at radius 2 is 1.79 bits per heavy atom. The number of nitrogens with zero attached hydrogens (tertiary/aromatic N) is 1. The van der Waals surface area contributed by atoms with Gasteiger partial charge in [0, 0.05) is 23.6 Å². The van der Waals surface area contributed by atoms with Gasteiger partial charge >= 0.3 is 0 Å². The molecule has 1 aliphatic rings. The first kappa shape index (κ1) is 17.0. The predicted octanol–water partition coefficient (Wildman–Crippen LogP) is 1.29. The van der Waals surface area contributed by atoms with Crippen molar-refractivity contribution >= 4 is 11.8 Å². The van der Waals surface area contributed by atoms with Gasteiger partial charge in [-0.1, -0.05) is 0 Å². The summed E-state index contributed by atoms with van der Waals surface area (Å²) in [5.74, 6) is 1.61. The minimum atomic E-state index is -1.21. The minimum absolute atomic E-state index is 0.305. The van der Waals surface area contributed by atoms with E-state index in [0.717, 1.165) is 17.0 Å². The van der Waals surface area contributed by atoms with Crippen LogP contribution in [0.5, 0.6) is 11.5 Å². The van der Waals surface area contributed by atoms with Crippen molar-refractivity contribution in [1.29, 1.82) is 0 Å². The van der Waals surface area contributed by atoms with Crippen LogP contribution in [0.4, 0.5) is 0 Å². The molecule has 1 saturated heterocycles. The van der Waals surface area contributed by atoms with E-state index in [9.17, 15) is 15.3 Å². The second kappa shape index (κ2) is 7.40. The van der Waals surface area contributed by atoms with E-state index in [1.807, 2.05) is 24.3 Å². The molecule has 3 rings (SSSR count). The molecule has 0 unspecified atom stereocenters. The van der Waals surface area contributed by atoms with Gasteiger partial charge in [-0.2, -0.15) is 0 Å². The van der Waals surface area contributed by atoms with Crippen LogP contribution >= 0.6 is 11.8 Å². The summed E-state index contributed by atoms with van der Waals surface area (Å²) in [7, 11) is 1.61. The molecule has 0 bridgehead atoms. The van der Waals surface area contributed by atoms with Gasteiger partial charge < -0.3 is 24.8 Å². The zero-order valence-corrected chi connectivity index (χ0v) is 13.9. The van der Waals surface area contributed by atoms with Crippen LogP contribution in [0.25, 0.3) is 11.3 Å². The molecule has 24 heavy (non-hydrogen) atoms. The number of pyridine rings is 1. The van der Waals surface area contributed by atoms with Crippen LogP contribution in [0.3, 0.4) is 0 Å². The number of ether oxygens (including phenoxy) is 2. The van der Waals surface area contributed by atoms with E-state index < -0.39 is 23.7 Å². The molecule has 2 aromatic rings. The largest absolute Gasteiger partial charge is 0.497 e. The number of hydrogen-bond acceptors (Lipinski definition) is 7. The van der Waals surface area contributed by atoms with Crippen molar-refractivity contribution in [1.82, 2.24) is 4.98 Å². The lowest BCUT2D eigenvalue weighted by atomic mass is 10.1. The van der Waals surface area contributed by atoms with Crippen LogP contribution in [0.1, 0.15) is 0 Å². The van der Waals surface area contributed by atoms with E-state index in [1.165, 1.54) is 11.8 Å². The van der Waals surface area contributed by atoms with Gasteiger partial charge in [0.1, 0.15) is 23.7 Å². The Morgan fingerprint density at radius 1 is 1.04 bits per heavy atom. The van der Waals surface area contributed by atoms with Gasteiger partial charge in [0.05, 0.1) is 18.9 Å². The maximum atomic E-state index is 10.0. The molecule has 1 aliphatic heterocycles. The fraction of sp³-hybridized carbons (Fsp3) is 0.353. The molecule has 128 valence electrons. The zero-order chi connectivity index (χ0) is 17.1. The van der Waals surface area contributed by atoms with Gasteiger partial charge in [-0.25, -0.2) is 0 Å². The van der Waals surface area contributed by atoms with Crippen molar-refractivity contribution in [2.75, 3.05) is 12.9 Å². The molecular formula is C17H19NO5S. The van der Waals surface area contributed by atoms with E-state index >= 15 is 0 Å². The fourth-order valence-corrected chi connectivity index (χ4v) is 3.54. The Labute approximate surface area is 144 Å². The molecule has 1 aromatic carbocycles. The standard InChI is InChI=1S/C17H19NO5S/c1-22-11-4-2-10(3-5-11)13-8-12(6-7-18-13)23-17-16(21)15(20)14(19)9-24-17/h2-8,14-17,19-21H,9H2,1H3/t14-,15+,16-,17-/m1/s1.